The summed E-state index contributed by atoms with van der Waals surface area (Å²) in [5.41, 5.74) is -0.151. The van der Waals surface area contributed by atoms with Crippen molar-refractivity contribution < 1.29 is 31.1 Å². The number of ether oxygens (including phenoxy) is 1. The summed E-state index contributed by atoms with van der Waals surface area (Å²) in [5, 5.41) is 2.45. The molecular weight excluding hydrogens is 469 g/mol. The van der Waals surface area contributed by atoms with Crippen LogP contribution < -0.4 is 14.8 Å². The third-order valence-electron chi connectivity index (χ3n) is 4.24. The highest BCUT2D eigenvalue weighted by Crippen LogP contribution is 2.24. The first-order valence-corrected chi connectivity index (χ1v) is 10.9. The van der Waals surface area contributed by atoms with E-state index in [1.807, 2.05) is 0 Å². The van der Waals surface area contributed by atoms with Gasteiger partial charge in [0.25, 0.3) is 15.9 Å². The fourth-order valence-corrected chi connectivity index (χ4v) is 4.02. The highest BCUT2D eigenvalue weighted by molar-refractivity contribution is 7.92. The van der Waals surface area contributed by atoms with Gasteiger partial charge >= 0.3 is 6.61 Å². The van der Waals surface area contributed by atoms with Crippen molar-refractivity contribution in [3.63, 3.8) is 0 Å². The van der Waals surface area contributed by atoms with E-state index in [-0.39, 0.29) is 39.0 Å². The fraction of sp³-hybridized carbons (Fsp3) is 0.0952. The number of amides is 1. The molecular formula is C21H16ClF3N2O4S. The van der Waals surface area contributed by atoms with Crippen molar-refractivity contribution in [3.8, 4) is 5.75 Å². The molecule has 0 saturated heterocycles. The Bertz CT molecular complexity index is 1240. The van der Waals surface area contributed by atoms with Gasteiger partial charge in [0.2, 0.25) is 0 Å². The number of halogens is 4. The van der Waals surface area contributed by atoms with E-state index in [0.717, 1.165) is 18.2 Å². The second-order valence-corrected chi connectivity index (χ2v) is 8.49. The van der Waals surface area contributed by atoms with Crippen LogP contribution in [0.5, 0.6) is 5.75 Å². The van der Waals surface area contributed by atoms with Crippen molar-refractivity contribution in [2.75, 3.05) is 4.72 Å². The van der Waals surface area contributed by atoms with Gasteiger partial charge < -0.3 is 10.1 Å². The molecule has 3 rings (SSSR count). The topological polar surface area (TPSA) is 84.5 Å². The molecule has 0 saturated carbocycles. The Balaban J connectivity index is 1.80. The van der Waals surface area contributed by atoms with Crippen LogP contribution in [0.3, 0.4) is 0 Å². The summed E-state index contributed by atoms with van der Waals surface area (Å²) in [5.74, 6) is -1.63. The first kappa shape index (κ1) is 23.4. The Labute approximate surface area is 187 Å². The molecule has 3 aromatic rings. The number of carbonyl (C=O) groups is 1. The number of alkyl halides is 2. The normalized spacial score (nSPS) is 11.3. The summed E-state index contributed by atoms with van der Waals surface area (Å²) in [6.07, 6.45) is 0. The first-order valence-electron chi connectivity index (χ1n) is 9.05. The van der Waals surface area contributed by atoms with Crippen LogP contribution >= 0.6 is 11.6 Å². The molecule has 0 unspecified atom stereocenters. The van der Waals surface area contributed by atoms with Crippen molar-refractivity contribution in [1.29, 1.82) is 0 Å². The van der Waals surface area contributed by atoms with Crippen LogP contribution in [0.4, 0.5) is 18.9 Å². The number of hydrogen-bond acceptors (Lipinski definition) is 4. The average Bonchev–Trinajstić information content (AvgIpc) is 2.74. The van der Waals surface area contributed by atoms with Gasteiger partial charge in [-0.1, -0.05) is 41.9 Å². The number of nitrogens with one attached hydrogen (secondary N) is 2. The lowest BCUT2D eigenvalue weighted by Gasteiger charge is -2.13. The maximum Gasteiger partial charge on any atom is 0.387 e. The van der Waals surface area contributed by atoms with Gasteiger partial charge in [0.1, 0.15) is 11.6 Å². The molecule has 1 amide bonds. The zero-order chi connectivity index (χ0) is 23.3. The molecule has 0 atom stereocenters. The highest BCUT2D eigenvalue weighted by atomic mass is 35.5. The predicted molar refractivity (Wildman–Crippen MR) is 113 cm³/mol. The van der Waals surface area contributed by atoms with Gasteiger partial charge in [-0.25, -0.2) is 12.8 Å². The molecule has 0 radical (unpaired) electrons. The standard InChI is InChI=1S/C21H16ClF3N2O4S/c22-16-10-9-14(32(29,30)27-18-7-3-2-6-17(18)23)11-15(16)20(28)26-12-13-5-1-4-8-19(13)31-21(24)25/h1-11,21,27H,12H2,(H,26,28). The van der Waals surface area contributed by atoms with E-state index < -0.39 is 28.4 Å². The largest absolute Gasteiger partial charge is 0.434 e. The summed E-state index contributed by atoms with van der Waals surface area (Å²) < 4.78 is 70.7. The second kappa shape index (κ2) is 9.92. The molecule has 0 aliphatic carbocycles. The van der Waals surface area contributed by atoms with E-state index in [9.17, 15) is 26.4 Å². The van der Waals surface area contributed by atoms with Crippen LogP contribution in [-0.2, 0) is 16.6 Å². The van der Waals surface area contributed by atoms with E-state index in [1.54, 1.807) is 6.07 Å². The minimum Gasteiger partial charge on any atom is -0.434 e. The van der Waals surface area contributed by atoms with E-state index in [4.69, 9.17) is 11.6 Å². The lowest BCUT2D eigenvalue weighted by atomic mass is 10.1. The molecule has 0 aliphatic rings. The predicted octanol–water partition coefficient (Wildman–Crippen LogP) is 4.81. The minimum absolute atomic E-state index is 0.0375. The third-order valence-corrected chi connectivity index (χ3v) is 5.93. The van der Waals surface area contributed by atoms with Crippen LogP contribution in [0, 0.1) is 5.82 Å². The Morgan fingerprint density at radius 1 is 1.03 bits per heavy atom. The van der Waals surface area contributed by atoms with Gasteiger partial charge in [-0.15, -0.1) is 0 Å². The monoisotopic (exact) mass is 484 g/mol. The molecule has 0 fully saturated rings. The first-order chi connectivity index (χ1) is 15.2. The number of hydrogen-bond donors (Lipinski definition) is 2. The Morgan fingerprint density at radius 3 is 2.44 bits per heavy atom. The van der Waals surface area contributed by atoms with Gasteiger partial charge in [0.05, 0.1) is 21.2 Å². The Morgan fingerprint density at radius 2 is 1.72 bits per heavy atom. The highest BCUT2D eigenvalue weighted by Gasteiger charge is 2.20. The average molecular weight is 485 g/mol. The molecule has 0 spiro atoms. The number of benzene rings is 3. The van der Waals surface area contributed by atoms with Crippen LogP contribution in [0.1, 0.15) is 15.9 Å². The maximum atomic E-state index is 13.8. The van der Waals surface area contributed by atoms with Gasteiger partial charge in [-0.05, 0) is 36.4 Å². The quantitative estimate of drug-likeness (QED) is 0.480. The van der Waals surface area contributed by atoms with Gasteiger partial charge in [-0.3, -0.25) is 9.52 Å². The lowest BCUT2D eigenvalue weighted by molar-refractivity contribution is -0.0504. The molecule has 0 aliphatic heterocycles. The van der Waals surface area contributed by atoms with Crippen LogP contribution in [0.2, 0.25) is 5.02 Å². The molecule has 6 nitrogen and oxygen atoms in total. The van der Waals surface area contributed by atoms with Crippen molar-refractivity contribution in [1.82, 2.24) is 5.32 Å². The Kier molecular flexibility index (Phi) is 7.26. The van der Waals surface area contributed by atoms with Gasteiger partial charge in [0.15, 0.2) is 0 Å². The summed E-state index contributed by atoms with van der Waals surface area (Å²) in [4.78, 5) is 12.3. The number of rotatable bonds is 8. The number of anilines is 1. The molecule has 0 aromatic heterocycles. The summed E-state index contributed by atoms with van der Waals surface area (Å²) >= 11 is 6.05. The zero-order valence-electron chi connectivity index (χ0n) is 16.2. The number of sulfonamides is 1. The fourth-order valence-electron chi connectivity index (χ4n) is 2.72. The van der Waals surface area contributed by atoms with E-state index in [0.29, 0.717) is 0 Å². The van der Waals surface area contributed by atoms with Gasteiger partial charge in [-0.2, -0.15) is 8.78 Å². The zero-order valence-corrected chi connectivity index (χ0v) is 17.8. The molecule has 0 bridgehead atoms. The lowest BCUT2D eigenvalue weighted by Crippen LogP contribution is -2.24. The molecule has 2 N–H and O–H groups in total. The van der Waals surface area contributed by atoms with Crippen LogP contribution in [0.25, 0.3) is 0 Å². The smallest absolute Gasteiger partial charge is 0.387 e. The number of carbonyl (C=O) groups excluding carboxylic acids is 1. The summed E-state index contributed by atoms with van der Waals surface area (Å²) in [6, 6.07) is 14.5. The molecule has 32 heavy (non-hydrogen) atoms. The summed E-state index contributed by atoms with van der Waals surface area (Å²) in [6.45, 7) is -3.21. The van der Waals surface area contributed by atoms with E-state index >= 15 is 0 Å². The summed E-state index contributed by atoms with van der Waals surface area (Å²) in [7, 11) is -4.23. The number of para-hydroxylation sites is 2. The second-order valence-electron chi connectivity index (χ2n) is 6.40. The third kappa shape index (κ3) is 5.71. The van der Waals surface area contributed by atoms with Crippen molar-refractivity contribution >= 4 is 33.2 Å². The van der Waals surface area contributed by atoms with Crippen molar-refractivity contribution in [3.05, 3.63) is 88.7 Å². The van der Waals surface area contributed by atoms with Gasteiger partial charge in [0, 0.05) is 12.1 Å². The van der Waals surface area contributed by atoms with Crippen LogP contribution in [0.15, 0.2) is 71.6 Å². The Hall–Kier alpha value is -3.24. The SMILES string of the molecule is O=C(NCc1ccccc1OC(F)F)c1cc(S(=O)(=O)Nc2ccccc2F)ccc1Cl. The van der Waals surface area contributed by atoms with Crippen molar-refractivity contribution in [2.45, 2.75) is 18.1 Å². The van der Waals surface area contributed by atoms with Crippen LogP contribution in [-0.4, -0.2) is 20.9 Å². The molecule has 3 aromatic carbocycles. The molecule has 168 valence electrons. The maximum absolute atomic E-state index is 13.8. The van der Waals surface area contributed by atoms with E-state index in [1.165, 1.54) is 42.5 Å². The van der Waals surface area contributed by atoms with E-state index in [2.05, 4.69) is 14.8 Å². The minimum atomic E-state index is -4.23. The molecule has 11 heteroatoms. The molecule has 0 heterocycles. The van der Waals surface area contributed by atoms with Crippen molar-refractivity contribution in [2.24, 2.45) is 0 Å².